The summed E-state index contributed by atoms with van der Waals surface area (Å²) in [6, 6.07) is 0. The van der Waals surface area contributed by atoms with Crippen LogP contribution >= 0.6 is 0 Å². The SMILES string of the molecule is O=S1(=O)CCCCC1CN1CCNCC1. The Hall–Kier alpha value is -0.130. The van der Waals surface area contributed by atoms with Gasteiger partial charge in [0.1, 0.15) is 0 Å². The molecule has 4 nitrogen and oxygen atoms in total. The lowest BCUT2D eigenvalue weighted by Crippen LogP contribution is -2.48. The molecule has 0 aromatic carbocycles. The van der Waals surface area contributed by atoms with E-state index >= 15 is 0 Å². The average molecular weight is 232 g/mol. The minimum absolute atomic E-state index is 0.0932. The second kappa shape index (κ2) is 4.80. The van der Waals surface area contributed by atoms with Gasteiger partial charge in [-0.05, 0) is 12.8 Å². The molecule has 15 heavy (non-hydrogen) atoms. The predicted octanol–water partition coefficient (Wildman–Crippen LogP) is -0.141. The lowest BCUT2D eigenvalue weighted by atomic mass is 10.2. The van der Waals surface area contributed by atoms with Gasteiger partial charge in [-0.3, -0.25) is 4.90 Å². The molecule has 0 aliphatic carbocycles. The van der Waals surface area contributed by atoms with Crippen molar-refractivity contribution in [3.63, 3.8) is 0 Å². The molecule has 0 bridgehead atoms. The molecule has 0 amide bonds. The molecule has 2 rings (SSSR count). The minimum atomic E-state index is -2.78. The van der Waals surface area contributed by atoms with Gasteiger partial charge in [0.05, 0.1) is 11.0 Å². The van der Waals surface area contributed by atoms with Gasteiger partial charge >= 0.3 is 0 Å². The third kappa shape index (κ3) is 2.92. The number of sulfone groups is 1. The zero-order chi connectivity index (χ0) is 10.7. The molecule has 0 aromatic heterocycles. The Kier molecular flexibility index (Phi) is 3.64. The van der Waals surface area contributed by atoms with E-state index in [1.807, 2.05) is 0 Å². The molecule has 1 atom stereocenters. The van der Waals surface area contributed by atoms with Gasteiger partial charge in [-0.2, -0.15) is 0 Å². The van der Waals surface area contributed by atoms with Gasteiger partial charge in [-0.15, -0.1) is 0 Å². The largest absolute Gasteiger partial charge is 0.314 e. The van der Waals surface area contributed by atoms with Gasteiger partial charge in [0.2, 0.25) is 0 Å². The summed E-state index contributed by atoms with van der Waals surface area (Å²) in [5.41, 5.74) is 0. The monoisotopic (exact) mass is 232 g/mol. The van der Waals surface area contributed by atoms with E-state index in [-0.39, 0.29) is 5.25 Å². The van der Waals surface area contributed by atoms with Crippen LogP contribution in [0.3, 0.4) is 0 Å². The maximum atomic E-state index is 11.8. The van der Waals surface area contributed by atoms with Crippen LogP contribution < -0.4 is 5.32 Å². The lowest BCUT2D eigenvalue weighted by molar-refractivity contribution is 0.235. The first kappa shape index (κ1) is 11.4. The molecule has 0 aromatic rings. The molecule has 2 fully saturated rings. The van der Waals surface area contributed by atoms with E-state index in [1.165, 1.54) is 0 Å². The number of nitrogens with zero attached hydrogens (tertiary/aromatic N) is 1. The second-order valence-electron chi connectivity index (χ2n) is 4.54. The van der Waals surface area contributed by atoms with E-state index in [0.29, 0.717) is 5.75 Å². The van der Waals surface area contributed by atoms with Crippen LogP contribution in [0.4, 0.5) is 0 Å². The molecular weight excluding hydrogens is 212 g/mol. The van der Waals surface area contributed by atoms with Gasteiger partial charge in [-0.1, -0.05) is 6.42 Å². The van der Waals surface area contributed by atoms with Crippen molar-refractivity contribution >= 4 is 9.84 Å². The number of rotatable bonds is 2. The summed E-state index contributed by atoms with van der Waals surface area (Å²) in [5.74, 6) is 0.407. The summed E-state index contributed by atoms with van der Waals surface area (Å²) >= 11 is 0. The van der Waals surface area contributed by atoms with Crippen LogP contribution in [0, 0.1) is 0 Å². The summed E-state index contributed by atoms with van der Waals surface area (Å²) in [5, 5.41) is 3.19. The third-order valence-electron chi connectivity index (χ3n) is 3.38. The Morgan fingerprint density at radius 3 is 2.60 bits per heavy atom. The Labute approximate surface area is 91.9 Å². The van der Waals surface area contributed by atoms with Crippen molar-refractivity contribution in [1.29, 1.82) is 0 Å². The summed E-state index contributed by atoms with van der Waals surface area (Å²) in [4.78, 5) is 2.28. The van der Waals surface area contributed by atoms with Crippen molar-refractivity contribution in [2.75, 3.05) is 38.5 Å². The molecule has 2 aliphatic heterocycles. The van der Waals surface area contributed by atoms with E-state index < -0.39 is 9.84 Å². The zero-order valence-corrected chi connectivity index (χ0v) is 9.93. The van der Waals surface area contributed by atoms with E-state index in [0.717, 1.165) is 52.0 Å². The molecule has 0 spiro atoms. The molecular formula is C10H20N2O2S. The first-order chi connectivity index (χ1) is 7.18. The van der Waals surface area contributed by atoms with Crippen molar-refractivity contribution in [2.24, 2.45) is 0 Å². The summed E-state index contributed by atoms with van der Waals surface area (Å²) in [6.07, 6.45) is 2.81. The highest BCUT2D eigenvalue weighted by Crippen LogP contribution is 2.20. The number of piperazine rings is 1. The first-order valence-corrected chi connectivity index (χ1v) is 7.55. The third-order valence-corrected chi connectivity index (χ3v) is 5.64. The molecule has 1 unspecified atom stereocenters. The van der Waals surface area contributed by atoms with Crippen LogP contribution in [0.1, 0.15) is 19.3 Å². The fourth-order valence-corrected chi connectivity index (χ4v) is 4.31. The normalized spacial score (nSPS) is 32.7. The van der Waals surface area contributed by atoms with Crippen molar-refractivity contribution in [1.82, 2.24) is 10.2 Å². The highest BCUT2D eigenvalue weighted by molar-refractivity contribution is 7.92. The Balaban J connectivity index is 1.91. The smallest absolute Gasteiger partial charge is 0.154 e. The van der Waals surface area contributed by atoms with Crippen LogP contribution in [0.25, 0.3) is 0 Å². The van der Waals surface area contributed by atoms with Crippen LogP contribution in [-0.2, 0) is 9.84 Å². The summed E-state index contributed by atoms with van der Waals surface area (Å²) in [6.45, 7) is 4.72. The Morgan fingerprint density at radius 2 is 1.93 bits per heavy atom. The Bertz CT molecular complexity index is 297. The van der Waals surface area contributed by atoms with Crippen molar-refractivity contribution < 1.29 is 8.42 Å². The van der Waals surface area contributed by atoms with E-state index in [2.05, 4.69) is 10.2 Å². The second-order valence-corrected chi connectivity index (χ2v) is 6.94. The quantitative estimate of drug-likeness (QED) is 0.720. The number of hydrogen-bond acceptors (Lipinski definition) is 4. The Morgan fingerprint density at radius 1 is 1.20 bits per heavy atom. The zero-order valence-electron chi connectivity index (χ0n) is 9.11. The number of hydrogen-bond donors (Lipinski definition) is 1. The molecule has 2 saturated heterocycles. The van der Waals surface area contributed by atoms with Crippen molar-refractivity contribution in [3.8, 4) is 0 Å². The van der Waals surface area contributed by atoms with E-state index in [1.54, 1.807) is 0 Å². The molecule has 0 radical (unpaired) electrons. The topological polar surface area (TPSA) is 49.4 Å². The molecule has 0 saturated carbocycles. The highest BCUT2D eigenvalue weighted by Gasteiger charge is 2.30. The van der Waals surface area contributed by atoms with Gasteiger partial charge < -0.3 is 5.32 Å². The molecule has 2 aliphatic rings. The van der Waals surface area contributed by atoms with Gasteiger partial charge in [-0.25, -0.2) is 8.42 Å². The first-order valence-electron chi connectivity index (χ1n) is 5.83. The van der Waals surface area contributed by atoms with E-state index in [9.17, 15) is 8.42 Å². The van der Waals surface area contributed by atoms with Crippen LogP contribution in [-0.4, -0.2) is 57.0 Å². The number of nitrogens with one attached hydrogen (secondary N) is 1. The summed E-state index contributed by atoms with van der Waals surface area (Å²) < 4.78 is 23.6. The molecule has 2 heterocycles. The molecule has 5 heteroatoms. The highest BCUT2D eigenvalue weighted by atomic mass is 32.2. The van der Waals surface area contributed by atoms with Crippen molar-refractivity contribution in [2.45, 2.75) is 24.5 Å². The van der Waals surface area contributed by atoms with Gasteiger partial charge in [0, 0.05) is 32.7 Å². The maximum Gasteiger partial charge on any atom is 0.154 e. The fraction of sp³-hybridized carbons (Fsp3) is 1.00. The lowest BCUT2D eigenvalue weighted by Gasteiger charge is -2.32. The van der Waals surface area contributed by atoms with Gasteiger partial charge in [0.25, 0.3) is 0 Å². The van der Waals surface area contributed by atoms with Gasteiger partial charge in [0.15, 0.2) is 9.84 Å². The van der Waals surface area contributed by atoms with Crippen molar-refractivity contribution in [3.05, 3.63) is 0 Å². The summed E-state index contributed by atoms with van der Waals surface area (Å²) in [7, 11) is -2.78. The van der Waals surface area contributed by atoms with E-state index in [4.69, 9.17) is 0 Å². The average Bonchev–Trinajstić information content (AvgIpc) is 2.23. The van der Waals surface area contributed by atoms with Crippen LogP contribution in [0.15, 0.2) is 0 Å². The maximum absolute atomic E-state index is 11.8. The van der Waals surface area contributed by atoms with Crippen LogP contribution in [0.2, 0.25) is 0 Å². The fourth-order valence-electron chi connectivity index (χ4n) is 2.41. The molecule has 88 valence electrons. The van der Waals surface area contributed by atoms with Crippen LogP contribution in [0.5, 0.6) is 0 Å². The predicted molar refractivity (Wildman–Crippen MR) is 60.7 cm³/mol. The standard InChI is InChI=1S/C10H20N2O2S/c13-15(14)8-2-1-3-10(15)9-12-6-4-11-5-7-12/h10-11H,1-9H2. The molecule has 1 N–H and O–H groups in total. The minimum Gasteiger partial charge on any atom is -0.314 e.